The number of ketones is 2. The highest BCUT2D eigenvalue weighted by Crippen LogP contribution is 2.68. The summed E-state index contributed by atoms with van der Waals surface area (Å²) < 4.78 is 0. The van der Waals surface area contributed by atoms with Gasteiger partial charge in [-0.15, -0.1) is 0 Å². The maximum Gasteiger partial charge on any atom is 0.234 e. The first-order valence-electron chi connectivity index (χ1n) is 6.33. The standard InChI is InChI=1S/C13H20N2O3/c1-11(2)12(3)4-5-13(11,9(17)8(12)16)10(18)15-7-6-14/h4-7,14H2,1-3H3,(H,15,18)/t12-,13+/m1/s1. The van der Waals surface area contributed by atoms with Crippen LogP contribution in [0.25, 0.3) is 0 Å². The Kier molecular flexibility index (Phi) is 2.67. The summed E-state index contributed by atoms with van der Waals surface area (Å²) in [5, 5.41) is 2.68. The molecular formula is C13H20N2O3. The first kappa shape index (κ1) is 13.2. The molecule has 0 aromatic heterocycles. The van der Waals surface area contributed by atoms with E-state index in [-0.39, 0.29) is 11.7 Å². The molecule has 2 saturated carbocycles. The van der Waals surface area contributed by atoms with Crippen LogP contribution in [0.2, 0.25) is 0 Å². The van der Waals surface area contributed by atoms with Crippen molar-refractivity contribution in [2.75, 3.05) is 13.1 Å². The molecule has 0 heterocycles. The van der Waals surface area contributed by atoms with Crippen LogP contribution >= 0.6 is 0 Å². The van der Waals surface area contributed by atoms with Crippen molar-refractivity contribution in [1.82, 2.24) is 5.32 Å². The minimum absolute atomic E-state index is 0.321. The number of hydrogen-bond donors (Lipinski definition) is 2. The molecule has 18 heavy (non-hydrogen) atoms. The number of Topliss-reactive ketones (excluding diaryl/α,β-unsaturated/α-hetero) is 2. The van der Waals surface area contributed by atoms with Gasteiger partial charge in [-0.1, -0.05) is 20.8 Å². The normalized spacial score (nSPS) is 37.1. The minimum Gasteiger partial charge on any atom is -0.354 e. The molecule has 5 nitrogen and oxygen atoms in total. The Hall–Kier alpha value is -1.23. The highest BCUT2D eigenvalue weighted by atomic mass is 16.2. The summed E-state index contributed by atoms with van der Waals surface area (Å²) in [6.07, 6.45) is 1.05. The zero-order chi connectivity index (χ0) is 13.8. The molecule has 0 saturated heterocycles. The number of hydrogen-bond acceptors (Lipinski definition) is 4. The highest BCUT2D eigenvalue weighted by Gasteiger charge is 2.77. The number of fused-ring (bicyclic) bond motifs is 2. The zero-order valence-electron chi connectivity index (χ0n) is 11.1. The number of carbonyl (C=O) groups excluding carboxylic acids is 3. The molecule has 100 valence electrons. The third kappa shape index (κ3) is 1.13. The van der Waals surface area contributed by atoms with Gasteiger partial charge < -0.3 is 11.1 Å². The minimum atomic E-state index is -1.19. The molecule has 1 amide bonds. The SMILES string of the molecule is CC1(C)[C@@]2(C(=O)NCCN)CC[C@]1(C)C(=O)C2=O. The summed E-state index contributed by atoms with van der Waals surface area (Å²) in [6.45, 7) is 6.16. The Balaban J connectivity index is 2.46. The summed E-state index contributed by atoms with van der Waals surface area (Å²) in [6, 6.07) is 0. The van der Waals surface area contributed by atoms with Crippen molar-refractivity contribution in [3.63, 3.8) is 0 Å². The Morgan fingerprint density at radius 1 is 1.22 bits per heavy atom. The van der Waals surface area contributed by atoms with E-state index in [0.29, 0.717) is 25.9 Å². The average Bonchev–Trinajstić information content (AvgIpc) is 2.59. The van der Waals surface area contributed by atoms with E-state index in [9.17, 15) is 14.4 Å². The highest BCUT2D eigenvalue weighted by molar-refractivity contribution is 6.48. The fourth-order valence-corrected chi connectivity index (χ4v) is 3.61. The van der Waals surface area contributed by atoms with E-state index in [1.165, 1.54) is 0 Å². The predicted octanol–water partition coefficient (Wildman–Crippen LogP) is 0.0258. The van der Waals surface area contributed by atoms with Crippen LogP contribution < -0.4 is 11.1 Å². The second-order valence-corrected chi connectivity index (χ2v) is 6.07. The smallest absolute Gasteiger partial charge is 0.234 e. The van der Waals surface area contributed by atoms with Crippen molar-refractivity contribution in [2.45, 2.75) is 33.6 Å². The molecule has 2 rings (SSSR count). The van der Waals surface area contributed by atoms with Gasteiger partial charge in [0.25, 0.3) is 0 Å². The molecule has 2 atom stereocenters. The lowest BCUT2D eigenvalue weighted by molar-refractivity contribution is -0.149. The lowest BCUT2D eigenvalue weighted by Crippen LogP contribution is -2.51. The molecule has 2 bridgehead atoms. The van der Waals surface area contributed by atoms with Gasteiger partial charge >= 0.3 is 0 Å². The molecule has 0 unspecified atom stereocenters. The topological polar surface area (TPSA) is 89.3 Å². The van der Waals surface area contributed by atoms with Gasteiger partial charge in [-0.05, 0) is 18.3 Å². The van der Waals surface area contributed by atoms with Gasteiger partial charge in [0.2, 0.25) is 17.5 Å². The number of nitrogens with two attached hydrogens (primary N) is 1. The van der Waals surface area contributed by atoms with Gasteiger partial charge in [0.1, 0.15) is 5.41 Å². The van der Waals surface area contributed by atoms with Crippen molar-refractivity contribution in [1.29, 1.82) is 0 Å². The first-order valence-corrected chi connectivity index (χ1v) is 6.33. The van der Waals surface area contributed by atoms with E-state index >= 15 is 0 Å². The number of carbonyl (C=O) groups is 3. The molecule has 0 radical (unpaired) electrons. The first-order chi connectivity index (χ1) is 8.25. The van der Waals surface area contributed by atoms with E-state index in [1.807, 2.05) is 13.8 Å². The largest absolute Gasteiger partial charge is 0.354 e. The van der Waals surface area contributed by atoms with E-state index in [2.05, 4.69) is 5.32 Å². The third-order valence-corrected chi connectivity index (χ3v) is 5.36. The van der Waals surface area contributed by atoms with Gasteiger partial charge in [0.15, 0.2) is 0 Å². The Morgan fingerprint density at radius 3 is 2.28 bits per heavy atom. The lowest BCUT2D eigenvalue weighted by atomic mass is 9.64. The molecule has 5 heteroatoms. The van der Waals surface area contributed by atoms with Crippen LogP contribution in [0.1, 0.15) is 33.6 Å². The second-order valence-electron chi connectivity index (χ2n) is 6.07. The molecule has 3 N–H and O–H groups in total. The van der Waals surface area contributed by atoms with Gasteiger partial charge in [0.05, 0.1) is 0 Å². The van der Waals surface area contributed by atoms with Crippen molar-refractivity contribution in [3.05, 3.63) is 0 Å². The molecule has 0 aromatic carbocycles. The van der Waals surface area contributed by atoms with E-state index in [4.69, 9.17) is 5.73 Å². The van der Waals surface area contributed by atoms with Crippen LogP contribution in [0.3, 0.4) is 0 Å². The number of nitrogens with one attached hydrogen (secondary N) is 1. The van der Waals surface area contributed by atoms with Crippen molar-refractivity contribution < 1.29 is 14.4 Å². The van der Waals surface area contributed by atoms with Crippen LogP contribution in [-0.4, -0.2) is 30.6 Å². The van der Waals surface area contributed by atoms with Crippen LogP contribution in [-0.2, 0) is 14.4 Å². The summed E-state index contributed by atoms with van der Waals surface area (Å²) in [5.74, 6) is -1.24. The second kappa shape index (κ2) is 3.63. The van der Waals surface area contributed by atoms with E-state index < -0.39 is 22.0 Å². The summed E-state index contributed by atoms with van der Waals surface area (Å²) in [5.41, 5.74) is 2.84. The number of amides is 1. The molecule has 2 aliphatic rings. The van der Waals surface area contributed by atoms with Crippen LogP contribution in [0.4, 0.5) is 0 Å². The lowest BCUT2D eigenvalue weighted by Gasteiger charge is -2.37. The Bertz CT molecular complexity index is 444. The summed E-state index contributed by atoms with van der Waals surface area (Å²) in [4.78, 5) is 36.8. The van der Waals surface area contributed by atoms with Crippen molar-refractivity contribution >= 4 is 17.5 Å². The fourth-order valence-electron chi connectivity index (χ4n) is 3.61. The summed E-state index contributed by atoms with van der Waals surface area (Å²) >= 11 is 0. The number of rotatable bonds is 3. The molecule has 0 aromatic rings. The van der Waals surface area contributed by atoms with Gasteiger partial charge in [0, 0.05) is 18.5 Å². The van der Waals surface area contributed by atoms with Gasteiger partial charge in [-0.3, -0.25) is 14.4 Å². The van der Waals surface area contributed by atoms with Crippen LogP contribution in [0.5, 0.6) is 0 Å². The van der Waals surface area contributed by atoms with Crippen molar-refractivity contribution in [3.8, 4) is 0 Å². The average molecular weight is 252 g/mol. The monoisotopic (exact) mass is 252 g/mol. The van der Waals surface area contributed by atoms with Gasteiger partial charge in [-0.2, -0.15) is 0 Å². The molecule has 2 aliphatic carbocycles. The predicted molar refractivity (Wildman–Crippen MR) is 65.6 cm³/mol. The van der Waals surface area contributed by atoms with E-state index in [0.717, 1.165) is 0 Å². The zero-order valence-corrected chi connectivity index (χ0v) is 11.1. The molecule has 2 fully saturated rings. The van der Waals surface area contributed by atoms with Crippen LogP contribution in [0, 0.1) is 16.2 Å². The molecular weight excluding hydrogens is 232 g/mol. The maximum absolute atomic E-state index is 12.4. The maximum atomic E-state index is 12.4. The Labute approximate surface area is 106 Å². The van der Waals surface area contributed by atoms with Crippen molar-refractivity contribution in [2.24, 2.45) is 22.0 Å². The quantitative estimate of drug-likeness (QED) is 0.547. The molecule has 0 aliphatic heterocycles. The fraction of sp³-hybridized carbons (Fsp3) is 0.769. The van der Waals surface area contributed by atoms with Crippen LogP contribution in [0.15, 0.2) is 0 Å². The van der Waals surface area contributed by atoms with E-state index in [1.54, 1.807) is 6.92 Å². The summed E-state index contributed by atoms with van der Waals surface area (Å²) in [7, 11) is 0. The van der Waals surface area contributed by atoms with Gasteiger partial charge in [-0.25, -0.2) is 0 Å². The third-order valence-electron chi connectivity index (χ3n) is 5.36. The molecule has 0 spiro atoms. The Morgan fingerprint density at radius 2 is 1.83 bits per heavy atom.